The van der Waals surface area contributed by atoms with Gasteiger partial charge in [-0.25, -0.2) is 0 Å². The van der Waals surface area contributed by atoms with Gasteiger partial charge in [0.05, 0.1) is 0 Å². The summed E-state index contributed by atoms with van der Waals surface area (Å²) in [7, 11) is 1.81. The van der Waals surface area contributed by atoms with Gasteiger partial charge in [0.25, 0.3) is 5.91 Å². The van der Waals surface area contributed by atoms with E-state index in [0.717, 1.165) is 26.1 Å². The number of likely N-dealkylation sites (N-methyl/N-ethyl adjacent to an activating group) is 2. The summed E-state index contributed by atoms with van der Waals surface area (Å²) in [6.45, 7) is 5.06. The Kier molecular flexibility index (Phi) is 4.31. The lowest BCUT2D eigenvalue weighted by atomic mass is 10.2. The van der Waals surface area contributed by atoms with Crippen molar-refractivity contribution in [1.82, 2.24) is 20.0 Å². The molecule has 1 aromatic rings. The molecule has 1 saturated heterocycles. The van der Waals surface area contributed by atoms with Crippen molar-refractivity contribution in [3.8, 4) is 0 Å². The lowest BCUT2D eigenvalue weighted by molar-refractivity contribution is 0.0748. The van der Waals surface area contributed by atoms with Crippen LogP contribution in [0.3, 0.4) is 0 Å². The van der Waals surface area contributed by atoms with E-state index < -0.39 is 0 Å². The highest BCUT2D eigenvalue weighted by Crippen LogP contribution is 2.17. The van der Waals surface area contributed by atoms with E-state index in [1.54, 1.807) is 17.0 Å². The summed E-state index contributed by atoms with van der Waals surface area (Å²) < 4.78 is 0. The normalized spacial score (nSPS) is 19.6. The summed E-state index contributed by atoms with van der Waals surface area (Å²) in [6, 6.07) is 3.68. The predicted octanol–water partition coefficient (Wildman–Crippen LogP) is 0.615. The van der Waals surface area contributed by atoms with Crippen LogP contribution in [-0.4, -0.2) is 58.6 Å². The van der Waals surface area contributed by atoms with Crippen molar-refractivity contribution in [3.05, 3.63) is 17.8 Å². The first-order valence-electron chi connectivity index (χ1n) is 6.70. The summed E-state index contributed by atoms with van der Waals surface area (Å²) in [6.07, 6.45) is 2.36. The molecular formula is C13H21N5O. The Labute approximate surface area is 113 Å². The fraction of sp³-hybridized carbons (Fsp3) is 0.615. The molecule has 1 aliphatic rings. The standard InChI is InChI=1S/C13H21N5O/c1-3-18-8-4-5-10(18)9-17(2)13(19)11-6-7-12(14)16-15-11/h6-7,10H,3-5,8-9H2,1-2H3,(H2,14,16). The molecule has 0 bridgehead atoms. The molecule has 0 aromatic carbocycles. The second-order valence-electron chi connectivity index (χ2n) is 4.95. The van der Waals surface area contributed by atoms with Crippen LogP contribution in [-0.2, 0) is 0 Å². The fourth-order valence-electron chi connectivity index (χ4n) is 2.57. The molecule has 1 fully saturated rings. The van der Waals surface area contributed by atoms with Crippen LogP contribution in [0.2, 0.25) is 0 Å². The number of nitrogens with two attached hydrogens (primary N) is 1. The van der Waals surface area contributed by atoms with Crippen LogP contribution >= 0.6 is 0 Å². The molecule has 0 radical (unpaired) electrons. The number of likely N-dealkylation sites (tertiary alicyclic amines) is 1. The quantitative estimate of drug-likeness (QED) is 0.861. The molecule has 2 N–H and O–H groups in total. The maximum Gasteiger partial charge on any atom is 0.274 e. The van der Waals surface area contributed by atoms with E-state index in [-0.39, 0.29) is 5.91 Å². The highest BCUT2D eigenvalue weighted by Gasteiger charge is 2.26. The van der Waals surface area contributed by atoms with Crippen LogP contribution in [0.1, 0.15) is 30.3 Å². The smallest absolute Gasteiger partial charge is 0.274 e. The number of rotatable bonds is 4. The maximum absolute atomic E-state index is 12.2. The van der Waals surface area contributed by atoms with Crippen molar-refractivity contribution >= 4 is 11.7 Å². The van der Waals surface area contributed by atoms with Gasteiger partial charge in [0.15, 0.2) is 5.69 Å². The topological polar surface area (TPSA) is 75.3 Å². The Morgan fingerprint density at radius 3 is 2.95 bits per heavy atom. The van der Waals surface area contributed by atoms with Crippen LogP contribution in [0.15, 0.2) is 12.1 Å². The van der Waals surface area contributed by atoms with Crippen molar-refractivity contribution in [3.63, 3.8) is 0 Å². The first kappa shape index (κ1) is 13.7. The minimum atomic E-state index is -0.101. The third-order valence-corrected chi connectivity index (χ3v) is 3.64. The Morgan fingerprint density at radius 2 is 2.32 bits per heavy atom. The lowest BCUT2D eigenvalue weighted by Crippen LogP contribution is -2.41. The molecule has 0 saturated carbocycles. The number of aromatic nitrogens is 2. The first-order valence-corrected chi connectivity index (χ1v) is 6.70. The second-order valence-corrected chi connectivity index (χ2v) is 4.95. The summed E-state index contributed by atoms with van der Waals surface area (Å²) in [4.78, 5) is 16.3. The molecular weight excluding hydrogens is 242 g/mol. The Morgan fingerprint density at radius 1 is 1.53 bits per heavy atom. The van der Waals surface area contributed by atoms with Crippen molar-refractivity contribution in [2.75, 3.05) is 32.4 Å². The average Bonchev–Trinajstić information content (AvgIpc) is 2.86. The van der Waals surface area contributed by atoms with Crippen LogP contribution in [0.5, 0.6) is 0 Å². The minimum absolute atomic E-state index is 0.101. The van der Waals surface area contributed by atoms with Gasteiger partial charge in [0.2, 0.25) is 0 Å². The zero-order chi connectivity index (χ0) is 13.8. The second kappa shape index (κ2) is 5.97. The van der Waals surface area contributed by atoms with Gasteiger partial charge in [-0.1, -0.05) is 6.92 Å². The molecule has 0 spiro atoms. The number of nitrogen functional groups attached to an aromatic ring is 1. The molecule has 1 amide bonds. The molecule has 1 atom stereocenters. The number of carbonyl (C=O) groups excluding carboxylic acids is 1. The van der Waals surface area contributed by atoms with E-state index in [9.17, 15) is 4.79 Å². The van der Waals surface area contributed by atoms with Gasteiger partial charge in [-0.3, -0.25) is 9.69 Å². The van der Waals surface area contributed by atoms with E-state index >= 15 is 0 Å². The number of hydrogen-bond acceptors (Lipinski definition) is 5. The summed E-state index contributed by atoms with van der Waals surface area (Å²) >= 11 is 0. The van der Waals surface area contributed by atoms with Gasteiger partial charge in [-0.2, -0.15) is 0 Å². The highest BCUT2D eigenvalue weighted by atomic mass is 16.2. The Bertz CT molecular complexity index is 433. The van der Waals surface area contributed by atoms with Crippen molar-refractivity contribution < 1.29 is 4.79 Å². The molecule has 104 valence electrons. The van der Waals surface area contributed by atoms with Gasteiger partial charge in [0.1, 0.15) is 5.82 Å². The van der Waals surface area contributed by atoms with Gasteiger partial charge in [0, 0.05) is 19.6 Å². The minimum Gasteiger partial charge on any atom is -0.382 e. The highest BCUT2D eigenvalue weighted by molar-refractivity contribution is 5.92. The lowest BCUT2D eigenvalue weighted by Gasteiger charge is -2.27. The molecule has 1 aliphatic heterocycles. The zero-order valence-electron chi connectivity index (χ0n) is 11.5. The van der Waals surface area contributed by atoms with Crippen LogP contribution in [0.4, 0.5) is 5.82 Å². The molecule has 1 unspecified atom stereocenters. The van der Waals surface area contributed by atoms with E-state index in [2.05, 4.69) is 22.0 Å². The number of anilines is 1. The molecule has 1 aromatic heterocycles. The van der Waals surface area contributed by atoms with Crippen LogP contribution in [0.25, 0.3) is 0 Å². The van der Waals surface area contributed by atoms with E-state index in [1.807, 2.05) is 7.05 Å². The fourth-order valence-corrected chi connectivity index (χ4v) is 2.57. The molecule has 0 aliphatic carbocycles. The summed E-state index contributed by atoms with van der Waals surface area (Å²) in [5.74, 6) is 0.225. The van der Waals surface area contributed by atoms with Gasteiger partial charge < -0.3 is 10.6 Å². The van der Waals surface area contributed by atoms with Gasteiger partial charge in [-0.15, -0.1) is 10.2 Å². The third-order valence-electron chi connectivity index (χ3n) is 3.64. The Balaban J connectivity index is 1.97. The maximum atomic E-state index is 12.2. The molecule has 6 heteroatoms. The third kappa shape index (κ3) is 3.20. The predicted molar refractivity (Wildman–Crippen MR) is 73.7 cm³/mol. The van der Waals surface area contributed by atoms with E-state index in [1.165, 1.54) is 6.42 Å². The largest absolute Gasteiger partial charge is 0.382 e. The first-order chi connectivity index (χ1) is 9.11. The van der Waals surface area contributed by atoms with E-state index in [0.29, 0.717) is 17.6 Å². The number of amides is 1. The van der Waals surface area contributed by atoms with E-state index in [4.69, 9.17) is 5.73 Å². The zero-order valence-corrected chi connectivity index (χ0v) is 11.5. The summed E-state index contributed by atoms with van der Waals surface area (Å²) in [5, 5.41) is 7.55. The van der Waals surface area contributed by atoms with Crippen molar-refractivity contribution in [2.24, 2.45) is 0 Å². The molecule has 19 heavy (non-hydrogen) atoms. The number of hydrogen-bond donors (Lipinski definition) is 1. The van der Waals surface area contributed by atoms with Crippen molar-refractivity contribution in [1.29, 1.82) is 0 Å². The SMILES string of the molecule is CCN1CCCC1CN(C)C(=O)c1ccc(N)nn1. The van der Waals surface area contributed by atoms with Gasteiger partial charge >= 0.3 is 0 Å². The van der Waals surface area contributed by atoms with Gasteiger partial charge in [-0.05, 0) is 38.1 Å². The number of nitrogens with zero attached hydrogens (tertiary/aromatic N) is 4. The molecule has 6 nitrogen and oxygen atoms in total. The summed E-state index contributed by atoms with van der Waals surface area (Å²) in [5.41, 5.74) is 5.81. The van der Waals surface area contributed by atoms with Crippen LogP contribution in [0, 0.1) is 0 Å². The monoisotopic (exact) mass is 263 g/mol. The Hall–Kier alpha value is -1.69. The molecule has 2 rings (SSSR count). The number of carbonyl (C=O) groups is 1. The van der Waals surface area contributed by atoms with Crippen LogP contribution < -0.4 is 5.73 Å². The average molecular weight is 263 g/mol. The van der Waals surface area contributed by atoms with Crippen molar-refractivity contribution in [2.45, 2.75) is 25.8 Å². The molecule has 2 heterocycles.